The molecule has 0 unspecified atom stereocenters. The second-order valence-corrected chi connectivity index (χ2v) is 3.73. The number of rotatable bonds is 5. The summed E-state index contributed by atoms with van der Waals surface area (Å²) in [6.45, 7) is -1.84. The van der Waals surface area contributed by atoms with Gasteiger partial charge in [0.05, 0.1) is 25.4 Å². The Bertz CT molecular complexity index is 381. The highest BCUT2D eigenvalue weighted by molar-refractivity contribution is 5.97. The summed E-state index contributed by atoms with van der Waals surface area (Å²) in [4.78, 5) is 11.8. The number of carbonyl (C=O) groups is 1. The van der Waals surface area contributed by atoms with Gasteiger partial charge in [0.15, 0.2) is 0 Å². The van der Waals surface area contributed by atoms with Crippen molar-refractivity contribution in [3.05, 3.63) is 29.8 Å². The largest absolute Gasteiger partial charge is 0.507 e. The minimum atomic E-state index is -1.50. The van der Waals surface area contributed by atoms with Crippen molar-refractivity contribution in [3.8, 4) is 5.75 Å². The zero-order chi connectivity index (χ0) is 12.9. The van der Waals surface area contributed by atoms with Crippen molar-refractivity contribution < 1.29 is 25.2 Å². The standard InChI is InChI=1S/C11H15NO5/c13-5-11(6-14,7-15)12-10(17)8-3-1-2-4-9(8)16/h1-4,13-16H,5-7H2,(H,12,17). The van der Waals surface area contributed by atoms with Crippen molar-refractivity contribution in [1.29, 1.82) is 0 Å². The number of amides is 1. The summed E-state index contributed by atoms with van der Waals surface area (Å²) in [5, 5.41) is 38.9. The number of aromatic hydroxyl groups is 1. The molecule has 0 atom stereocenters. The first kappa shape index (κ1) is 13.4. The lowest BCUT2D eigenvalue weighted by atomic mass is 10.0. The zero-order valence-electron chi connectivity index (χ0n) is 9.13. The molecule has 6 nitrogen and oxygen atoms in total. The lowest BCUT2D eigenvalue weighted by Crippen LogP contribution is -2.57. The van der Waals surface area contributed by atoms with E-state index in [1.54, 1.807) is 12.1 Å². The molecule has 0 aliphatic carbocycles. The Morgan fingerprint density at radius 3 is 2.12 bits per heavy atom. The second-order valence-electron chi connectivity index (χ2n) is 3.73. The molecule has 0 radical (unpaired) electrons. The molecule has 5 N–H and O–H groups in total. The molecule has 1 rings (SSSR count). The molecule has 0 heterocycles. The second kappa shape index (κ2) is 5.62. The van der Waals surface area contributed by atoms with Gasteiger partial charge in [0.25, 0.3) is 5.91 Å². The van der Waals surface area contributed by atoms with E-state index in [4.69, 9.17) is 15.3 Å². The number of benzene rings is 1. The molecule has 0 aromatic heterocycles. The lowest BCUT2D eigenvalue weighted by molar-refractivity contribution is 0.0374. The van der Waals surface area contributed by atoms with E-state index in [1.165, 1.54) is 12.1 Å². The molecular formula is C11H15NO5. The van der Waals surface area contributed by atoms with Crippen molar-refractivity contribution in [2.75, 3.05) is 19.8 Å². The Hall–Kier alpha value is -1.63. The number of phenolic OH excluding ortho intramolecular Hbond substituents is 1. The van der Waals surface area contributed by atoms with Crippen molar-refractivity contribution >= 4 is 5.91 Å². The van der Waals surface area contributed by atoms with Gasteiger partial charge in [-0.2, -0.15) is 0 Å². The maximum absolute atomic E-state index is 11.8. The van der Waals surface area contributed by atoms with Crippen LogP contribution in [0.1, 0.15) is 10.4 Å². The van der Waals surface area contributed by atoms with Gasteiger partial charge in [-0.1, -0.05) is 12.1 Å². The maximum Gasteiger partial charge on any atom is 0.255 e. The van der Waals surface area contributed by atoms with Crippen LogP contribution >= 0.6 is 0 Å². The Morgan fingerprint density at radius 1 is 1.12 bits per heavy atom. The number of hydrogen-bond donors (Lipinski definition) is 5. The van der Waals surface area contributed by atoms with Gasteiger partial charge in [-0.25, -0.2) is 0 Å². The molecule has 0 spiro atoms. The van der Waals surface area contributed by atoms with E-state index in [9.17, 15) is 9.90 Å². The van der Waals surface area contributed by atoms with E-state index in [2.05, 4.69) is 5.32 Å². The molecule has 17 heavy (non-hydrogen) atoms. The molecule has 6 heteroatoms. The molecule has 1 aromatic carbocycles. The summed E-state index contributed by atoms with van der Waals surface area (Å²) in [7, 11) is 0. The number of phenols is 1. The highest BCUT2D eigenvalue weighted by Crippen LogP contribution is 2.16. The van der Waals surface area contributed by atoms with Crippen LogP contribution in [0.15, 0.2) is 24.3 Å². The molecule has 0 aliphatic rings. The van der Waals surface area contributed by atoms with Crippen LogP contribution in [0.2, 0.25) is 0 Å². The predicted molar refractivity (Wildman–Crippen MR) is 59.6 cm³/mol. The first-order valence-corrected chi connectivity index (χ1v) is 5.01. The van der Waals surface area contributed by atoms with Gasteiger partial charge >= 0.3 is 0 Å². The number of aliphatic hydroxyl groups excluding tert-OH is 3. The summed E-state index contributed by atoms with van der Waals surface area (Å²) >= 11 is 0. The van der Waals surface area contributed by atoms with E-state index < -0.39 is 31.3 Å². The molecule has 0 saturated heterocycles. The van der Waals surface area contributed by atoms with Crippen LogP contribution in [0, 0.1) is 0 Å². The molecular weight excluding hydrogens is 226 g/mol. The molecule has 0 fully saturated rings. The zero-order valence-corrected chi connectivity index (χ0v) is 9.13. The van der Waals surface area contributed by atoms with Crippen LogP contribution < -0.4 is 5.32 Å². The highest BCUT2D eigenvalue weighted by atomic mass is 16.3. The van der Waals surface area contributed by atoms with Crippen LogP contribution in [-0.2, 0) is 0 Å². The number of para-hydroxylation sites is 1. The quantitative estimate of drug-likeness (QED) is 0.446. The van der Waals surface area contributed by atoms with Crippen LogP contribution in [0.3, 0.4) is 0 Å². The summed E-state index contributed by atoms with van der Waals surface area (Å²) < 4.78 is 0. The topological polar surface area (TPSA) is 110 Å². The van der Waals surface area contributed by atoms with Gasteiger partial charge in [-0.05, 0) is 12.1 Å². The van der Waals surface area contributed by atoms with Crippen LogP contribution in [0.25, 0.3) is 0 Å². The monoisotopic (exact) mass is 241 g/mol. The van der Waals surface area contributed by atoms with Gasteiger partial charge in [-0.3, -0.25) is 4.79 Å². The first-order chi connectivity index (χ1) is 8.08. The molecule has 0 bridgehead atoms. The summed E-state index contributed by atoms with van der Waals surface area (Å²) in [6.07, 6.45) is 0. The molecule has 94 valence electrons. The van der Waals surface area contributed by atoms with Crippen LogP contribution in [-0.4, -0.2) is 51.7 Å². The number of carbonyl (C=O) groups excluding carboxylic acids is 1. The third-order valence-corrected chi connectivity index (χ3v) is 2.44. The van der Waals surface area contributed by atoms with E-state index in [1.807, 2.05) is 0 Å². The normalized spacial score (nSPS) is 11.2. The van der Waals surface area contributed by atoms with Crippen molar-refractivity contribution in [2.24, 2.45) is 0 Å². The maximum atomic E-state index is 11.8. The summed E-state index contributed by atoms with van der Waals surface area (Å²) in [5.74, 6) is -0.895. The van der Waals surface area contributed by atoms with Crippen molar-refractivity contribution in [3.63, 3.8) is 0 Å². The van der Waals surface area contributed by atoms with E-state index in [0.717, 1.165) is 0 Å². The van der Waals surface area contributed by atoms with E-state index in [-0.39, 0.29) is 11.3 Å². The average molecular weight is 241 g/mol. The SMILES string of the molecule is O=C(NC(CO)(CO)CO)c1ccccc1O. The van der Waals surface area contributed by atoms with Gasteiger partial charge < -0.3 is 25.7 Å². The van der Waals surface area contributed by atoms with Gasteiger partial charge in [0.2, 0.25) is 0 Å². The fourth-order valence-electron chi connectivity index (χ4n) is 1.24. The molecule has 0 aliphatic heterocycles. The predicted octanol–water partition coefficient (Wildman–Crippen LogP) is -1.16. The molecule has 1 amide bonds. The Morgan fingerprint density at radius 2 is 1.65 bits per heavy atom. The van der Waals surface area contributed by atoms with Gasteiger partial charge in [0, 0.05) is 0 Å². The third kappa shape index (κ3) is 2.94. The Balaban J connectivity index is 2.89. The smallest absolute Gasteiger partial charge is 0.255 e. The van der Waals surface area contributed by atoms with Gasteiger partial charge in [0.1, 0.15) is 11.3 Å². The highest BCUT2D eigenvalue weighted by Gasteiger charge is 2.30. The molecule has 0 saturated carbocycles. The summed E-state index contributed by atoms with van der Waals surface area (Å²) in [5.41, 5.74) is -1.49. The summed E-state index contributed by atoms with van der Waals surface area (Å²) in [6, 6.07) is 5.85. The fourth-order valence-corrected chi connectivity index (χ4v) is 1.24. The lowest BCUT2D eigenvalue weighted by Gasteiger charge is -2.28. The minimum absolute atomic E-state index is 0.00669. The van der Waals surface area contributed by atoms with E-state index in [0.29, 0.717) is 0 Å². The fraction of sp³-hybridized carbons (Fsp3) is 0.364. The number of aliphatic hydroxyl groups is 3. The van der Waals surface area contributed by atoms with Crippen molar-refractivity contribution in [2.45, 2.75) is 5.54 Å². The molecule has 1 aromatic rings. The Labute approximate surface area is 98.1 Å². The number of hydrogen-bond acceptors (Lipinski definition) is 5. The first-order valence-electron chi connectivity index (χ1n) is 5.01. The number of nitrogens with one attached hydrogen (secondary N) is 1. The third-order valence-electron chi connectivity index (χ3n) is 2.44. The average Bonchev–Trinajstić information content (AvgIpc) is 2.36. The van der Waals surface area contributed by atoms with Crippen LogP contribution in [0.5, 0.6) is 5.75 Å². The van der Waals surface area contributed by atoms with E-state index >= 15 is 0 Å². The van der Waals surface area contributed by atoms with Crippen LogP contribution in [0.4, 0.5) is 0 Å². The van der Waals surface area contributed by atoms with Crippen molar-refractivity contribution in [1.82, 2.24) is 5.32 Å². The van der Waals surface area contributed by atoms with Gasteiger partial charge in [-0.15, -0.1) is 0 Å². The Kier molecular flexibility index (Phi) is 4.45. The minimum Gasteiger partial charge on any atom is -0.507 e.